The van der Waals surface area contributed by atoms with Crippen molar-refractivity contribution < 1.29 is 9.59 Å². The molecule has 1 aromatic carbocycles. The monoisotopic (exact) mass is 433 g/mol. The van der Waals surface area contributed by atoms with Crippen LogP contribution in [0.2, 0.25) is 0 Å². The van der Waals surface area contributed by atoms with E-state index in [9.17, 15) is 9.59 Å². The number of benzene rings is 1. The fraction of sp³-hybridized carbons (Fsp3) is 0.261. The van der Waals surface area contributed by atoms with Crippen LogP contribution in [-0.2, 0) is 4.79 Å². The van der Waals surface area contributed by atoms with Gasteiger partial charge in [0.05, 0.1) is 0 Å². The second-order valence-corrected chi connectivity index (χ2v) is 7.04. The quantitative estimate of drug-likeness (QED) is 0.362. The predicted octanol–water partition coefficient (Wildman–Crippen LogP) is 2.24. The van der Waals surface area contributed by atoms with Crippen LogP contribution in [0.25, 0.3) is 11.4 Å². The summed E-state index contributed by atoms with van der Waals surface area (Å²) in [4.78, 5) is 36.6. The van der Waals surface area contributed by atoms with Gasteiger partial charge in [0.1, 0.15) is 17.3 Å². The molecule has 0 unspecified atom stereocenters. The zero-order valence-corrected chi connectivity index (χ0v) is 18.2. The van der Waals surface area contributed by atoms with Crippen LogP contribution in [0.15, 0.2) is 54.7 Å². The molecule has 0 bridgehead atoms. The van der Waals surface area contributed by atoms with Gasteiger partial charge in [-0.25, -0.2) is 9.97 Å². The van der Waals surface area contributed by atoms with Gasteiger partial charge in [-0.1, -0.05) is 36.4 Å². The lowest BCUT2D eigenvalue weighted by Crippen LogP contribution is -2.29. The summed E-state index contributed by atoms with van der Waals surface area (Å²) in [7, 11) is 0. The largest absolute Gasteiger partial charge is 0.368 e. The average Bonchev–Trinajstić information content (AvgIpc) is 2.82. The van der Waals surface area contributed by atoms with Gasteiger partial charge < -0.3 is 21.3 Å². The van der Waals surface area contributed by atoms with Crippen molar-refractivity contribution in [2.45, 2.75) is 13.8 Å². The van der Waals surface area contributed by atoms with Crippen LogP contribution in [0, 0.1) is 6.92 Å². The van der Waals surface area contributed by atoms with Crippen molar-refractivity contribution in [2.75, 3.05) is 36.8 Å². The fourth-order valence-corrected chi connectivity index (χ4v) is 2.94. The van der Waals surface area contributed by atoms with Gasteiger partial charge in [-0.3, -0.25) is 14.6 Å². The SMILES string of the molecule is CC(=O)NCCNc1nc(-c2ccccc2)nc(NCCNC(=O)c2ccccn2)c1C. The number of rotatable bonds is 10. The maximum Gasteiger partial charge on any atom is 0.269 e. The van der Waals surface area contributed by atoms with Crippen molar-refractivity contribution in [3.63, 3.8) is 0 Å². The van der Waals surface area contributed by atoms with Gasteiger partial charge >= 0.3 is 0 Å². The van der Waals surface area contributed by atoms with Crippen molar-refractivity contribution >= 4 is 23.5 Å². The van der Waals surface area contributed by atoms with Crippen LogP contribution >= 0.6 is 0 Å². The summed E-state index contributed by atoms with van der Waals surface area (Å²) in [6.45, 7) is 5.32. The van der Waals surface area contributed by atoms with E-state index in [1.54, 1.807) is 24.4 Å². The molecule has 0 aliphatic heterocycles. The number of amides is 2. The molecular weight excluding hydrogens is 406 g/mol. The highest BCUT2D eigenvalue weighted by Crippen LogP contribution is 2.24. The second kappa shape index (κ2) is 11.4. The van der Waals surface area contributed by atoms with E-state index in [0.717, 1.165) is 11.1 Å². The van der Waals surface area contributed by atoms with E-state index in [1.165, 1.54) is 6.92 Å². The Hall–Kier alpha value is -4.01. The van der Waals surface area contributed by atoms with Crippen molar-refractivity contribution in [2.24, 2.45) is 0 Å². The molecule has 166 valence electrons. The van der Waals surface area contributed by atoms with Crippen LogP contribution in [0.1, 0.15) is 23.0 Å². The minimum Gasteiger partial charge on any atom is -0.368 e. The Bertz CT molecular complexity index is 1040. The molecule has 4 N–H and O–H groups in total. The summed E-state index contributed by atoms with van der Waals surface area (Å²) >= 11 is 0. The number of carbonyl (C=O) groups excluding carboxylic acids is 2. The van der Waals surface area contributed by atoms with Gasteiger partial charge in [0.2, 0.25) is 5.91 Å². The van der Waals surface area contributed by atoms with Crippen molar-refractivity contribution in [1.82, 2.24) is 25.6 Å². The third-order valence-electron chi connectivity index (χ3n) is 4.57. The Morgan fingerprint density at radius 3 is 2.03 bits per heavy atom. The molecule has 2 heterocycles. The molecule has 32 heavy (non-hydrogen) atoms. The molecule has 3 aromatic rings. The summed E-state index contributed by atoms with van der Waals surface area (Å²) < 4.78 is 0. The molecule has 0 radical (unpaired) electrons. The molecule has 0 spiro atoms. The fourth-order valence-electron chi connectivity index (χ4n) is 2.94. The van der Waals surface area contributed by atoms with E-state index < -0.39 is 0 Å². The average molecular weight is 434 g/mol. The number of nitrogens with zero attached hydrogens (tertiary/aromatic N) is 3. The topological polar surface area (TPSA) is 121 Å². The zero-order valence-electron chi connectivity index (χ0n) is 18.2. The molecule has 0 saturated carbocycles. The molecule has 0 aliphatic carbocycles. The summed E-state index contributed by atoms with van der Waals surface area (Å²) in [6, 6.07) is 14.9. The lowest BCUT2D eigenvalue weighted by Gasteiger charge is -2.16. The van der Waals surface area contributed by atoms with Crippen molar-refractivity contribution in [1.29, 1.82) is 0 Å². The number of nitrogens with one attached hydrogen (secondary N) is 4. The van der Waals surface area contributed by atoms with E-state index in [-0.39, 0.29) is 11.8 Å². The summed E-state index contributed by atoms with van der Waals surface area (Å²) in [5, 5.41) is 12.1. The van der Waals surface area contributed by atoms with Crippen LogP contribution < -0.4 is 21.3 Å². The molecule has 0 fully saturated rings. The van der Waals surface area contributed by atoms with Gasteiger partial charge in [0, 0.05) is 50.4 Å². The van der Waals surface area contributed by atoms with Crippen LogP contribution in [0.4, 0.5) is 11.6 Å². The first kappa shape index (κ1) is 22.7. The zero-order chi connectivity index (χ0) is 22.8. The molecule has 0 aliphatic rings. The Kier molecular flexibility index (Phi) is 8.08. The Balaban J connectivity index is 1.68. The summed E-state index contributed by atoms with van der Waals surface area (Å²) in [5.41, 5.74) is 2.12. The second-order valence-electron chi connectivity index (χ2n) is 7.04. The van der Waals surface area contributed by atoms with Gasteiger partial charge in [-0.05, 0) is 19.1 Å². The van der Waals surface area contributed by atoms with Crippen LogP contribution in [-0.4, -0.2) is 52.9 Å². The van der Waals surface area contributed by atoms with Gasteiger partial charge in [-0.2, -0.15) is 0 Å². The maximum atomic E-state index is 12.1. The van der Waals surface area contributed by atoms with E-state index in [2.05, 4.69) is 36.2 Å². The Morgan fingerprint density at radius 2 is 1.44 bits per heavy atom. The number of carbonyl (C=O) groups is 2. The molecule has 9 heteroatoms. The van der Waals surface area contributed by atoms with Gasteiger partial charge in [0.25, 0.3) is 5.91 Å². The van der Waals surface area contributed by atoms with E-state index in [1.807, 2.05) is 37.3 Å². The van der Waals surface area contributed by atoms with E-state index in [0.29, 0.717) is 49.3 Å². The normalized spacial score (nSPS) is 10.3. The first-order valence-electron chi connectivity index (χ1n) is 10.4. The van der Waals surface area contributed by atoms with E-state index in [4.69, 9.17) is 0 Å². The van der Waals surface area contributed by atoms with Crippen LogP contribution in [0.5, 0.6) is 0 Å². The van der Waals surface area contributed by atoms with Gasteiger partial charge in [0.15, 0.2) is 5.82 Å². The number of aromatic nitrogens is 3. The molecule has 0 saturated heterocycles. The lowest BCUT2D eigenvalue weighted by atomic mass is 10.2. The highest BCUT2D eigenvalue weighted by molar-refractivity contribution is 5.92. The summed E-state index contributed by atoms with van der Waals surface area (Å²) in [6.07, 6.45) is 1.59. The minimum atomic E-state index is -0.225. The Labute approximate surface area is 187 Å². The smallest absolute Gasteiger partial charge is 0.269 e. The van der Waals surface area contributed by atoms with Crippen molar-refractivity contribution in [3.8, 4) is 11.4 Å². The maximum absolute atomic E-state index is 12.1. The summed E-state index contributed by atoms with van der Waals surface area (Å²) in [5.74, 6) is 1.64. The number of anilines is 2. The highest BCUT2D eigenvalue weighted by Gasteiger charge is 2.12. The number of hydrogen-bond acceptors (Lipinski definition) is 7. The Morgan fingerprint density at radius 1 is 0.812 bits per heavy atom. The standard InChI is InChI=1S/C23H27N7O2/c1-16-20(26-13-12-24-17(2)31)29-22(18-8-4-3-5-9-18)30-21(16)27-14-15-28-23(32)19-10-6-7-11-25-19/h3-11H,12-15H2,1-2H3,(H,24,31)(H,28,32)(H2,26,27,29,30). The van der Waals surface area contributed by atoms with Gasteiger partial charge in [-0.15, -0.1) is 0 Å². The molecule has 3 rings (SSSR count). The molecule has 2 amide bonds. The third-order valence-corrected chi connectivity index (χ3v) is 4.57. The minimum absolute atomic E-state index is 0.0775. The molecule has 0 atom stereocenters. The predicted molar refractivity (Wildman–Crippen MR) is 124 cm³/mol. The highest BCUT2D eigenvalue weighted by atomic mass is 16.2. The van der Waals surface area contributed by atoms with E-state index >= 15 is 0 Å². The van der Waals surface area contributed by atoms with Crippen molar-refractivity contribution in [3.05, 3.63) is 66.0 Å². The number of pyridine rings is 1. The molecule has 2 aromatic heterocycles. The third kappa shape index (κ3) is 6.49. The molecule has 9 nitrogen and oxygen atoms in total. The van der Waals surface area contributed by atoms with Crippen LogP contribution in [0.3, 0.4) is 0 Å². The molecular formula is C23H27N7O2. The first-order valence-corrected chi connectivity index (χ1v) is 10.4. The first-order chi connectivity index (χ1) is 15.5. The lowest BCUT2D eigenvalue weighted by molar-refractivity contribution is -0.118. The number of hydrogen-bond donors (Lipinski definition) is 4.